The van der Waals surface area contributed by atoms with Crippen LogP contribution in [-0.4, -0.2) is 44.3 Å². The Morgan fingerprint density at radius 1 is 1.17 bits per heavy atom. The summed E-state index contributed by atoms with van der Waals surface area (Å²) in [5.41, 5.74) is 0.411. The van der Waals surface area contributed by atoms with Crippen LogP contribution in [0.15, 0.2) is 41.6 Å². The lowest BCUT2D eigenvalue weighted by Crippen LogP contribution is -2.38. The average Bonchev–Trinajstić information content (AvgIpc) is 3.34. The molecule has 1 aromatic carbocycles. The van der Waals surface area contributed by atoms with Crippen molar-refractivity contribution >= 4 is 28.6 Å². The van der Waals surface area contributed by atoms with Crippen molar-refractivity contribution in [3.8, 4) is 0 Å². The number of benzene rings is 1. The van der Waals surface area contributed by atoms with E-state index >= 15 is 0 Å². The Morgan fingerprint density at radius 2 is 2.03 bits per heavy atom. The summed E-state index contributed by atoms with van der Waals surface area (Å²) in [7, 11) is 0. The third kappa shape index (κ3) is 7.42. The number of nitrogens with one attached hydrogen (secondary N) is 1. The quantitative estimate of drug-likeness (QED) is 0.269. The minimum Gasteiger partial charge on any atom is -0.368 e. The second-order valence-electron chi connectivity index (χ2n) is 8.85. The lowest BCUT2D eigenvalue weighted by atomic mass is 10.1. The van der Waals surface area contributed by atoms with Crippen LogP contribution in [-0.2, 0) is 28.8 Å². The average molecular weight is 522 g/mol. The first-order valence-corrected chi connectivity index (χ1v) is 13.3. The number of ether oxygens (including phenoxy) is 1. The molecule has 4 rings (SSSR count). The molecule has 0 aliphatic carbocycles. The van der Waals surface area contributed by atoms with Crippen LogP contribution in [0.1, 0.15) is 56.2 Å². The SMILES string of the molecule is O=C(NCc1cn(CCCCCCSc2ccnc3cc(C(F)(F)F)ccc23)nn1)C1CCCCO1. The van der Waals surface area contributed by atoms with E-state index in [4.69, 9.17) is 4.74 Å². The number of hydrogen-bond donors (Lipinski definition) is 1. The fourth-order valence-electron chi connectivity index (χ4n) is 4.10. The topological polar surface area (TPSA) is 81.9 Å². The van der Waals surface area contributed by atoms with Gasteiger partial charge in [-0.05, 0) is 56.1 Å². The van der Waals surface area contributed by atoms with Gasteiger partial charge in [-0.3, -0.25) is 14.5 Å². The highest BCUT2D eigenvalue weighted by molar-refractivity contribution is 7.99. The molecular formula is C25H30F3N5O2S. The zero-order chi connectivity index (χ0) is 25.4. The zero-order valence-electron chi connectivity index (χ0n) is 20.0. The van der Waals surface area contributed by atoms with Gasteiger partial charge in [-0.15, -0.1) is 16.9 Å². The normalized spacial score (nSPS) is 16.4. The summed E-state index contributed by atoms with van der Waals surface area (Å²) in [6.07, 6.45) is 5.54. The summed E-state index contributed by atoms with van der Waals surface area (Å²) in [4.78, 5) is 17.2. The monoisotopic (exact) mass is 521 g/mol. The van der Waals surface area contributed by atoms with Crippen LogP contribution in [0.2, 0.25) is 0 Å². The number of alkyl halides is 3. The van der Waals surface area contributed by atoms with Gasteiger partial charge in [0.05, 0.1) is 23.8 Å². The Hall–Kier alpha value is -2.66. The van der Waals surface area contributed by atoms with Crippen molar-refractivity contribution in [3.63, 3.8) is 0 Å². The van der Waals surface area contributed by atoms with Gasteiger partial charge in [-0.1, -0.05) is 24.1 Å². The minimum atomic E-state index is -4.37. The summed E-state index contributed by atoms with van der Waals surface area (Å²) >= 11 is 1.65. The number of thioether (sulfide) groups is 1. The fourth-order valence-corrected chi connectivity index (χ4v) is 5.16. The van der Waals surface area contributed by atoms with Gasteiger partial charge in [0.15, 0.2) is 0 Å². The predicted octanol–water partition coefficient (Wildman–Crippen LogP) is 5.38. The summed E-state index contributed by atoms with van der Waals surface area (Å²) < 4.78 is 46.1. The number of fused-ring (bicyclic) bond motifs is 1. The van der Waals surface area contributed by atoms with Gasteiger partial charge in [-0.2, -0.15) is 13.2 Å². The lowest BCUT2D eigenvalue weighted by Gasteiger charge is -2.21. The zero-order valence-corrected chi connectivity index (χ0v) is 20.8. The number of aryl methyl sites for hydroxylation is 1. The number of aromatic nitrogens is 4. The highest BCUT2D eigenvalue weighted by atomic mass is 32.2. The van der Waals surface area contributed by atoms with Crippen LogP contribution in [0.4, 0.5) is 13.2 Å². The Bertz CT molecular complexity index is 1150. The van der Waals surface area contributed by atoms with Crippen molar-refractivity contribution in [1.82, 2.24) is 25.3 Å². The molecule has 1 amide bonds. The first-order valence-electron chi connectivity index (χ1n) is 12.3. The predicted molar refractivity (Wildman–Crippen MR) is 131 cm³/mol. The Labute approximate surface area is 212 Å². The molecule has 1 N–H and O–H groups in total. The molecule has 3 heterocycles. The first kappa shape index (κ1) is 26.4. The summed E-state index contributed by atoms with van der Waals surface area (Å²) in [6, 6.07) is 5.58. The van der Waals surface area contributed by atoms with E-state index < -0.39 is 11.7 Å². The van der Waals surface area contributed by atoms with Crippen molar-refractivity contribution in [2.24, 2.45) is 0 Å². The van der Waals surface area contributed by atoms with Gasteiger partial charge in [0.2, 0.25) is 5.91 Å². The molecule has 194 valence electrons. The molecule has 0 radical (unpaired) electrons. The van der Waals surface area contributed by atoms with Crippen molar-refractivity contribution < 1.29 is 22.7 Å². The van der Waals surface area contributed by atoms with Gasteiger partial charge < -0.3 is 10.1 Å². The molecule has 1 fully saturated rings. The van der Waals surface area contributed by atoms with Crippen LogP contribution in [0, 0.1) is 0 Å². The van der Waals surface area contributed by atoms with Gasteiger partial charge in [0.25, 0.3) is 0 Å². The molecule has 36 heavy (non-hydrogen) atoms. The molecule has 11 heteroatoms. The smallest absolute Gasteiger partial charge is 0.368 e. The second-order valence-corrected chi connectivity index (χ2v) is 9.98. The van der Waals surface area contributed by atoms with E-state index in [2.05, 4.69) is 20.6 Å². The number of unbranched alkanes of at least 4 members (excludes halogenated alkanes) is 3. The van der Waals surface area contributed by atoms with Crippen LogP contribution in [0.25, 0.3) is 10.9 Å². The largest absolute Gasteiger partial charge is 0.416 e. The number of carbonyl (C=O) groups is 1. The maximum atomic E-state index is 12.9. The molecule has 0 bridgehead atoms. The summed E-state index contributed by atoms with van der Waals surface area (Å²) in [6.45, 7) is 1.74. The number of pyridine rings is 1. The highest BCUT2D eigenvalue weighted by Crippen LogP contribution is 2.34. The molecule has 1 aliphatic heterocycles. The third-order valence-electron chi connectivity index (χ3n) is 6.07. The molecule has 0 spiro atoms. The van der Waals surface area contributed by atoms with Crippen molar-refractivity contribution in [1.29, 1.82) is 0 Å². The van der Waals surface area contributed by atoms with Gasteiger partial charge in [0, 0.05) is 29.6 Å². The molecule has 1 unspecified atom stereocenters. The lowest BCUT2D eigenvalue weighted by molar-refractivity contribution is -0.137. The van der Waals surface area contributed by atoms with E-state index in [-0.39, 0.29) is 12.0 Å². The van der Waals surface area contributed by atoms with Crippen molar-refractivity contribution in [2.75, 3.05) is 12.4 Å². The number of rotatable bonds is 11. The first-order chi connectivity index (χ1) is 17.4. The molecule has 2 aromatic heterocycles. The van der Waals surface area contributed by atoms with Gasteiger partial charge in [-0.25, -0.2) is 0 Å². The molecule has 1 saturated heterocycles. The molecule has 1 atom stereocenters. The van der Waals surface area contributed by atoms with Crippen molar-refractivity contribution in [2.45, 2.75) is 75.2 Å². The number of halogens is 3. The molecule has 0 saturated carbocycles. The fraction of sp³-hybridized carbons (Fsp3) is 0.520. The van der Waals surface area contributed by atoms with E-state index in [1.807, 2.05) is 12.3 Å². The molecular weight excluding hydrogens is 491 g/mol. The number of carbonyl (C=O) groups excluding carboxylic acids is 1. The maximum absolute atomic E-state index is 12.9. The van der Waals surface area contributed by atoms with Gasteiger partial charge >= 0.3 is 6.18 Å². The third-order valence-corrected chi connectivity index (χ3v) is 7.23. The van der Waals surface area contributed by atoms with E-state index in [9.17, 15) is 18.0 Å². The Morgan fingerprint density at radius 3 is 2.83 bits per heavy atom. The second kappa shape index (κ2) is 12.5. The van der Waals surface area contributed by atoms with Gasteiger partial charge in [0.1, 0.15) is 11.8 Å². The van der Waals surface area contributed by atoms with Crippen LogP contribution < -0.4 is 5.32 Å². The van der Waals surface area contributed by atoms with Crippen LogP contribution >= 0.6 is 11.8 Å². The molecule has 1 aliphatic rings. The molecule has 3 aromatic rings. The van der Waals surface area contributed by atoms with E-state index in [1.165, 1.54) is 6.07 Å². The minimum absolute atomic E-state index is 0.0899. The molecule has 7 nitrogen and oxygen atoms in total. The number of hydrogen-bond acceptors (Lipinski definition) is 6. The Balaban J connectivity index is 1.12. The van der Waals surface area contributed by atoms with Crippen LogP contribution in [0.5, 0.6) is 0 Å². The summed E-state index contributed by atoms with van der Waals surface area (Å²) in [5.74, 6) is 0.797. The van der Waals surface area contributed by atoms with Crippen molar-refractivity contribution in [3.05, 3.63) is 47.9 Å². The van der Waals surface area contributed by atoms with E-state index in [1.54, 1.807) is 22.6 Å². The van der Waals surface area contributed by atoms with E-state index in [0.717, 1.165) is 85.4 Å². The maximum Gasteiger partial charge on any atom is 0.416 e. The Kier molecular flexibility index (Phi) is 9.19. The van der Waals surface area contributed by atoms with E-state index in [0.29, 0.717) is 18.7 Å². The highest BCUT2D eigenvalue weighted by Gasteiger charge is 2.30. The number of nitrogens with zero attached hydrogens (tertiary/aromatic N) is 4. The standard InChI is InChI=1S/C25H30F3N5O2S/c26-25(27,28)18-8-9-20-21(15-18)29-11-10-23(20)36-14-6-2-1-4-12-33-17-19(31-32-33)16-30-24(34)22-7-3-5-13-35-22/h8-11,15,17,22H,1-7,12-14,16H2,(H,30,34). The number of amides is 1. The summed E-state index contributed by atoms with van der Waals surface area (Å²) in [5, 5.41) is 11.9. The van der Waals surface area contributed by atoms with Crippen LogP contribution in [0.3, 0.4) is 0 Å².